The fourth-order valence-corrected chi connectivity index (χ4v) is 3.17. The molecule has 2 aromatic carbocycles. The molecule has 3 aromatic rings. The zero-order chi connectivity index (χ0) is 19.0. The van der Waals surface area contributed by atoms with Gasteiger partial charge in [-0.25, -0.2) is 19.1 Å². The zero-order valence-corrected chi connectivity index (χ0v) is 15.4. The van der Waals surface area contributed by atoms with E-state index in [0.29, 0.717) is 34.0 Å². The lowest BCUT2D eigenvalue weighted by molar-refractivity contribution is 0.102. The second kappa shape index (κ2) is 6.92. The number of carbonyl (C=O) groups is 2. The number of benzene rings is 2. The number of amides is 2. The minimum Gasteiger partial charge on any atom is -0.448 e. The molecule has 2 heterocycles. The first-order valence-corrected chi connectivity index (χ1v) is 8.98. The number of rotatable bonds is 3. The van der Waals surface area contributed by atoms with Crippen molar-refractivity contribution < 1.29 is 14.3 Å². The fraction of sp³-hybridized carbons (Fsp3) is 0.211. The summed E-state index contributed by atoms with van der Waals surface area (Å²) < 4.78 is 6.70. The minimum absolute atomic E-state index is 0.231. The maximum atomic E-state index is 13.2. The van der Waals surface area contributed by atoms with Crippen molar-refractivity contribution in [2.24, 2.45) is 0 Å². The van der Waals surface area contributed by atoms with Crippen LogP contribution in [0.1, 0.15) is 19.2 Å². The Hall–Kier alpha value is -3.06. The largest absolute Gasteiger partial charge is 0.448 e. The van der Waals surface area contributed by atoms with Gasteiger partial charge in [-0.1, -0.05) is 30.7 Å². The standard InChI is InChI=1S/C19H17ClN4O3/c1-2-11-27-19(26)24-18(25)23-16-6-4-3-5-15(16)21-17(23)12-22(24)14-9-7-13(20)8-10-14/h3-10H,2,11-12H2,1H3. The molecule has 0 unspecified atom stereocenters. The number of halogens is 1. The highest BCUT2D eigenvalue weighted by Gasteiger charge is 2.38. The van der Waals surface area contributed by atoms with Gasteiger partial charge in [0.15, 0.2) is 0 Å². The van der Waals surface area contributed by atoms with Crippen molar-refractivity contribution in [2.75, 3.05) is 11.6 Å². The van der Waals surface area contributed by atoms with Crippen molar-refractivity contribution in [3.63, 3.8) is 0 Å². The van der Waals surface area contributed by atoms with Crippen LogP contribution in [0.5, 0.6) is 0 Å². The summed E-state index contributed by atoms with van der Waals surface area (Å²) >= 11 is 5.97. The number of hydrogen-bond acceptors (Lipinski definition) is 5. The van der Waals surface area contributed by atoms with Gasteiger partial charge in [-0.15, -0.1) is 5.01 Å². The van der Waals surface area contributed by atoms with Crippen LogP contribution in [0.4, 0.5) is 15.3 Å². The highest BCUT2D eigenvalue weighted by molar-refractivity contribution is 6.30. The van der Waals surface area contributed by atoms with Crippen LogP contribution < -0.4 is 5.01 Å². The third-order valence-corrected chi connectivity index (χ3v) is 4.51. The molecule has 1 aliphatic rings. The Morgan fingerprint density at radius 3 is 2.67 bits per heavy atom. The quantitative estimate of drug-likeness (QED) is 0.667. The molecule has 0 atom stereocenters. The number of para-hydroxylation sites is 2. The minimum atomic E-state index is -0.722. The Morgan fingerprint density at radius 1 is 1.19 bits per heavy atom. The first kappa shape index (κ1) is 17.4. The molecule has 138 valence electrons. The van der Waals surface area contributed by atoms with E-state index in [0.717, 1.165) is 5.01 Å². The molecule has 1 aromatic heterocycles. The molecule has 0 spiro atoms. The van der Waals surface area contributed by atoms with Crippen LogP contribution in [-0.4, -0.2) is 33.3 Å². The average molecular weight is 385 g/mol. The molecule has 27 heavy (non-hydrogen) atoms. The van der Waals surface area contributed by atoms with Gasteiger partial charge in [-0.05, 0) is 42.8 Å². The number of hydrazine groups is 1. The Bertz CT molecular complexity index is 1020. The van der Waals surface area contributed by atoms with Gasteiger partial charge in [0.1, 0.15) is 5.82 Å². The van der Waals surface area contributed by atoms with Crippen LogP contribution in [0.2, 0.25) is 5.02 Å². The third kappa shape index (κ3) is 3.00. The summed E-state index contributed by atoms with van der Waals surface area (Å²) in [5, 5.41) is 3.13. The molecule has 2 amide bonds. The van der Waals surface area contributed by atoms with Gasteiger partial charge in [0.2, 0.25) is 0 Å². The summed E-state index contributed by atoms with van der Waals surface area (Å²) in [5.74, 6) is 0.552. The molecule has 0 saturated heterocycles. The number of imide groups is 1. The van der Waals surface area contributed by atoms with Gasteiger partial charge >= 0.3 is 12.1 Å². The SMILES string of the molecule is CCCOC(=O)N1C(=O)n2c(nc3ccccc32)CN1c1ccc(Cl)cc1. The monoisotopic (exact) mass is 384 g/mol. The summed E-state index contributed by atoms with van der Waals surface area (Å²) in [6.07, 6.45) is -0.0613. The van der Waals surface area contributed by atoms with E-state index in [1.807, 2.05) is 25.1 Å². The van der Waals surface area contributed by atoms with Crippen molar-refractivity contribution in [1.82, 2.24) is 14.6 Å². The smallest absolute Gasteiger partial charge is 0.437 e. The predicted molar refractivity (Wildman–Crippen MR) is 102 cm³/mol. The summed E-state index contributed by atoms with van der Waals surface area (Å²) in [7, 11) is 0. The first-order valence-electron chi connectivity index (χ1n) is 8.60. The van der Waals surface area contributed by atoms with Crippen LogP contribution in [0, 0.1) is 0 Å². The van der Waals surface area contributed by atoms with Gasteiger partial charge in [-0.2, -0.15) is 0 Å². The first-order chi connectivity index (χ1) is 13.1. The van der Waals surface area contributed by atoms with E-state index in [4.69, 9.17) is 16.3 Å². The zero-order valence-electron chi connectivity index (χ0n) is 14.6. The molecule has 4 rings (SSSR count). The van der Waals surface area contributed by atoms with Crippen LogP contribution in [0.15, 0.2) is 48.5 Å². The van der Waals surface area contributed by atoms with Gasteiger partial charge < -0.3 is 4.74 Å². The van der Waals surface area contributed by atoms with E-state index in [1.54, 1.807) is 35.3 Å². The van der Waals surface area contributed by atoms with Crippen molar-refractivity contribution in [2.45, 2.75) is 19.9 Å². The molecule has 1 aliphatic heterocycles. The number of nitrogens with zero attached hydrogens (tertiary/aromatic N) is 4. The van der Waals surface area contributed by atoms with E-state index in [1.165, 1.54) is 4.57 Å². The number of imidazole rings is 1. The summed E-state index contributed by atoms with van der Waals surface area (Å²) in [6.45, 7) is 2.36. The van der Waals surface area contributed by atoms with Crippen LogP contribution in [-0.2, 0) is 11.3 Å². The molecule has 0 saturated carbocycles. The molecule has 7 nitrogen and oxygen atoms in total. The van der Waals surface area contributed by atoms with Crippen LogP contribution >= 0.6 is 11.6 Å². The van der Waals surface area contributed by atoms with Crippen molar-refractivity contribution in [3.05, 3.63) is 59.4 Å². The summed E-state index contributed by atoms with van der Waals surface area (Å²) in [4.78, 5) is 30.4. The molecule has 0 fully saturated rings. The summed E-state index contributed by atoms with van der Waals surface area (Å²) in [6, 6.07) is 13.7. The lowest BCUT2D eigenvalue weighted by Gasteiger charge is -2.37. The Morgan fingerprint density at radius 2 is 1.93 bits per heavy atom. The van der Waals surface area contributed by atoms with Crippen molar-refractivity contribution in [3.8, 4) is 0 Å². The molecule has 0 bridgehead atoms. The van der Waals surface area contributed by atoms with E-state index in [-0.39, 0.29) is 13.2 Å². The third-order valence-electron chi connectivity index (χ3n) is 4.26. The second-order valence-electron chi connectivity index (χ2n) is 6.09. The summed E-state index contributed by atoms with van der Waals surface area (Å²) in [5.41, 5.74) is 1.99. The molecular weight excluding hydrogens is 368 g/mol. The number of carbonyl (C=O) groups excluding carboxylic acids is 2. The molecule has 8 heteroatoms. The predicted octanol–water partition coefficient (Wildman–Crippen LogP) is 4.44. The maximum Gasteiger partial charge on any atom is 0.437 e. The van der Waals surface area contributed by atoms with Crippen molar-refractivity contribution >= 4 is 40.4 Å². The lowest BCUT2D eigenvalue weighted by atomic mass is 10.3. The molecular formula is C19H17ClN4O3. The Balaban J connectivity index is 1.82. The van der Waals surface area contributed by atoms with Gasteiger partial charge in [0, 0.05) is 5.02 Å². The fourth-order valence-electron chi connectivity index (χ4n) is 3.05. The Labute approximate surface area is 160 Å². The molecule has 0 aliphatic carbocycles. The maximum absolute atomic E-state index is 13.2. The molecule has 0 radical (unpaired) electrons. The van der Waals surface area contributed by atoms with Gasteiger partial charge in [-0.3, -0.25) is 5.01 Å². The van der Waals surface area contributed by atoms with Gasteiger partial charge in [0.25, 0.3) is 0 Å². The number of ether oxygens (including phenoxy) is 1. The highest BCUT2D eigenvalue weighted by Crippen LogP contribution is 2.29. The van der Waals surface area contributed by atoms with E-state index >= 15 is 0 Å². The number of anilines is 1. The average Bonchev–Trinajstić information content (AvgIpc) is 3.05. The number of aromatic nitrogens is 2. The number of fused-ring (bicyclic) bond motifs is 3. The van der Waals surface area contributed by atoms with Crippen LogP contribution in [0.3, 0.4) is 0 Å². The molecule has 0 N–H and O–H groups in total. The van der Waals surface area contributed by atoms with E-state index < -0.39 is 12.1 Å². The van der Waals surface area contributed by atoms with Gasteiger partial charge in [0.05, 0.1) is 29.9 Å². The topological polar surface area (TPSA) is 67.7 Å². The number of hydrogen-bond donors (Lipinski definition) is 0. The van der Waals surface area contributed by atoms with E-state index in [2.05, 4.69) is 4.98 Å². The second-order valence-corrected chi connectivity index (χ2v) is 6.53. The lowest BCUT2D eigenvalue weighted by Crippen LogP contribution is -2.55. The van der Waals surface area contributed by atoms with Crippen LogP contribution in [0.25, 0.3) is 11.0 Å². The highest BCUT2D eigenvalue weighted by atomic mass is 35.5. The van der Waals surface area contributed by atoms with Crippen molar-refractivity contribution in [1.29, 1.82) is 0 Å². The Kier molecular flexibility index (Phi) is 4.45. The normalized spacial score (nSPS) is 13.8. The van der Waals surface area contributed by atoms with E-state index in [9.17, 15) is 9.59 Å².